The van der Waals surface area contributed by atoms with Gasteiger partial charge in [0, 0.05) is 6.92 Å². The molecule has 0 fully saturated rings. The minimum atomic E-state index is -3.48. The molecular formula is C12H24NO5P. The lowest BCUT2D eigenvalue weighted by atomic mass is 10.5. The second kappa shape index (κ2) is 8.35. The zero-order valence-corrected chi connectivity index (χ0v) is 13.3. The quantitative estimate of drug-likeness (QED) is 0.550. The van der Waals surface area contributed by atoms with E-state index in [2.05, 4.69) is 5.32 Å². The van der Waals surface area contributed by atoms with E-state index in [0.29, 0.717) is 6.61 Å². The molecule has 19 heavy (non-hydrogen) atoms. The van der Waals surface area contributed by atoms with Crippen molar-refractivity contribution in [2.45, 2.75) is 53.8 Å². The highest BCUT2D eigenvalue weighted by molar-refractivity contribution is 7.57. The predicted molar refractivity (Wildman–Crippen MR) is 73.6 cm³/mol. The topological polar surface area (TPSA) is 73.9 Å². The van der Waals surface area contributed by atoms with Gasteiger partial charge in [-0.25, -0.2) is 0 Å². The molecule has 0 aliphatic rings. The van der Waals surface area contributed by atoms with Gasteiger partial charge in [0.25, 0.3) is 0 Å². The summed E-state index contributed by atoms with van der Waals surface area (Å²) in [6.07, 6.45) is -0.554. The number of ether oxygens (including phenoxy) is 1. The standard InChI is InChI=1S/C12H24NO5P/c1-7-16-12(13-11(6)14)8-19(15,17-9(2)3)18-10(4)5/h8-10H,7H2,1-6H3,(H,13,14). The van der Waals surface area contributed by atoms with Crippen LogP contribution in [0.2, 0.25) is 0 Å². The molecule has 112 valence electrons. The van der Waals surface area contributed by atoms with Gasteiger partial charge >= 0.3 is 7.60 Å². The summed E-state index contributed by atoms with van der Waals surface area (Å²) in [5.41, 5.74) is 0. The highest BCUT2D eigenvalue weighted by Crippen LogP contribution is 2.52. The fourth-order valence-electron chi connectivity index (χ4n) is 1.25. The normalized spacial score (nSPS) is 12.9. The molecule has 6 nitrogen and oxygen atoms in total. The van der Waals surface area contributed by atoms with Crippen LogP contribution in [0.15, 0.2) is 11.7 Å². The van der Waals surface area contributed by atoms with Crippen molar-refractivity contribution in [3.05, 3.63) is 11.7 Å². The number of carbonyl (C=O) groups excluding carboxylic acids is 1. The maximum Gasteiger partial charge on any atom is 0.360 e. The Kier molecular flexibility index (Phi) is 7.99. The first-order valence-corrected chi connectivity index (χ1v) is 7.89. The summed E-state index contributed by atoms with van der Waals surface area (Å²) < 4.78 is 28.4. The fourth-order valence-corrected chi connectivity index (χ4v) is 3.02. The first-order valence-electron chi connectivity index (χ1n) is 6.28. The first kappa shape index (κ1) is 18.2. The van der Waals surface area contributed by atoms with Crippen molar-refractivity contribution in [3.63, 3.8) is 0 Å². The van der Waals surface area contributed by atoms with Gasteiger partial charge in [-0.3, -0.25) is 14.7 Å². The van der Waals surface area contributed by atoms with Gasteiger partial charge in [-0.15, -0.1) is 0 Å². The Morgan fingerprint density at radius 3 is 2.00 bits per heavy atom. The Morgan fingerprint density at radius 1 is 1.21 bits per heavy atom. The molecule has 0 spiro atoms. The maximum absolute atomic E-state index is 12.5. The molecule has 0 saturated carbocycles. The Labute approximate surface area is 115 Å². The van der Waals surface area contributed by atoms with E-state index in [-0.39, 0.29) is 24.0 Å². The van der Waals surface area contributed by atoms with Gasteiger partial charge in [0.05, 0.1) is 24.6 Å². The molecule has 0 aliphatic carbocycles. The van der Waals surface area contributed by atoms with Crippen LogP contribution in [0.4, 0.5) is 0 Å². The molecule has 1 N–H and O–H groups in total. The molecule has 0 saturated heterocycles. The molecule has 0 radical (unpaired) electrons. The van der Waals surface area contributed by atoms with Gasteiger partial charge in [0.1, 0.15) is 0 Å². The largest absolute Gasteiger partial charge is 0.479 e. The second-order valence-corrected chi connectivity index (χ2v) is 6.22. The third-order valence-corrected chi connectivity index (χ3v) is 3.57. The van der Waals surface area contributed by atoms with Gasteiger partial charge in [-0.1, -0.05) is 0 Å². The molecule has 0 rings (SSSR count). The zero-order chi connectivity index (χ0) is 15.1. The van der Waals surface area contributed by atoms with Gasteiger partial charge in [-0.2, -0.15) is 0 Å². The highest BCUT2D eigenvalue weighted by Gasteiger charge is 2.27. The zero-order valence-electron chi connectivity index (χ0n) is 12.4. The number of carbonyl (C=O) groups is 1. The molecule has 0 bridgehead atoms. The molecule has 0 aromatic rings. The van der Waals surface area contributed by atoms with Crippen LogP contribution in [0.3, 0.4) is 0 Å². The van der Waals surface area contributed by atoms with Gasteiger partial charge in [-0.05, 0) is 34.6 Å². The number of hydrogen-bond acceptors (Lipinski definition) is 5. The number of rotatable bonds is 8. The maximum atomic E-state index is 12.5. The fraction of sp³-hybridized carbons (Fsp3) is 0.750. The molecule has 1 amide bonds. The van der Waals surface area contributed by atoms with E-state index in [0.717, 1.165) is 0 Å². The molecule has 7 heteroatoms. The molecule has 0 heterocycles. The van der Waals surface area contributed by atoms with E-state index in [1.807, 2.05) is 0 Å². The monoisotopic (exact) mass is 293 g/mol. The molecule has 0 aromatic carbocycles. The van der Waals surface area contributed by atoms with Crippen LogP contribution in [0.25, 0.3) is 0 Å². The van der Waals surface area contributed by atoms with Crippen molar-refractivity contribution in [3.8, 4) is 0 Å². The SMILES string of the molecule is CCOC(=CP(=O)(OC(C)C)OC(C)C)NC(C)=O. The third kappa shape index (κ3) is 8.81. The lowest BCUT2D eigenvalue weighted by Crippen LogP contribution is -2.21. The van der Waals surface area contributed by atoms with Gasteiger partial charge < -0.3 is 13.8 Å². The third-order valence-electron chi connectivity index (χ3n) is 1.59. The van der Waals surface area contributed by atoms with E-state index in [1.54, 1.807) is 34.6 Å². The average Bonchev–Trinajstić information content (AvgIpc) is 2.12. The van der Waals surface area contributed by atoms with Crippen molar-refractivity contribution in [1.29, 1.82) is 0 Å². The van der Waals surface area contributed by atoms with Crippen molar-refractivity contribution in [2.75, 3.05) is 6.61 Å². The molecule has 0 aromatic heterocycles. The molecular weight excluding hydrogens is 269 g/mol. The first-order chi connectivity index (χ1) is 8.68. The summed E-state index contributed by atoms with van der Waals surface area (Å²) in [6, 6.07) is 0. The Balaban J connectivity index is 5.19. The van der Waals surface area contributed by atoms with E-state index in [4.69, 9.17) is 13.8 Å². The summed E-state index contributed by atoms with van der Waals surface area (Å²) in [6.45, 7) is 10.4. The molecule has 0 unspecified atom stereocenters. The van der Waals surface area contributed by atoms with Crippen molar-refractivity contribution < 1.29 is 23.1 Å². The van der Waals surface area contributed by atoms with Gasteiger partial charge in [0.15, 0.2) is 0 Å². The van der Waals surface area contributed by atoms with E-state index < -0.39 is 7.60 Å². The second-order valence-electron chi connectivity index (χ2n) is 4.46. The van der Waals surface area contributed by atoms with Crippen LogP contribution >= 0.6 is 7.60 Å². The molecule has 0 atom stereocenters. The minimum Gasteiger partial charge on any atom is -0.479 e. The number of nitrogens with one attached hydrogen (secondary N) is 1. The summed E-state index contributed by atoms with van der Waals surface area (Å²) in [7, 11) is -3.48. The molecule has 0 aliphatic heterocycles. The number of amides is 1. The van der Waals surface area contributed by atoms with E-state index in [9.17, 15) is 9.36 Å². The Morgan fingerprint density at radius 2 is 1.68 bits per heavy atom. The van der Waals surface area contributed by atoms with E-state index >= 15 is 0 Å². The predicted octanol–water partition coefficient (Wildman–Crippen LogP) is 3.00. The van der Waals surface area contributed by atoms with Crippen molar-refractivity contribution >= 4 is 13.5 Å². The van der Waals surface area contributed by atoms with Crippen molar-refractivity contribution in [2.24, 2.45) is 0 Å². The average molecular weight is 293 g/mol. The van der Waals surface area contributed by atoms with Crippen LogP contribution < -0.4 is 5.32 Å². The summed E-state index contributed by atoms with van der Waals surface area (Å²) in [5.74, 6) is 0.970. The number of hydrogen-bond donors (Lipinski definition) is 1. The van der Waals surface area contributed by atoms with Crippen molar-refractivity contribution in [1.82, 2.24) is 5.32 Å². The summed E-state index contributed by atoms with van der Waals surface area (Å²) in [5, 5.41) is 2.45. The van der Waals surface area contributed by atoms with Gasteiger partial charge in [0.2, 0.25) is 11.8 Å². The lowest BCUT2D eigenvalue weighted by molar-refractivity contribution is -0.119. The van der Waals surface area contributed by atoms with E-state index in [1.165, 1.54) is 12.7 Å². The smallest absolute Gasteiger partial charge is 0.360 e. The van der Waals surface area contributed by atoms with Crippen LogP contribution in [0.1, 0.15) is 41.5 Å². The minimum absolute atomic E-state index is 0.0830. The Hall–Kier alpha value is -0.840. The van der Waals surface area contributed by atoms with Crippen LogP contribution in [-0.4, -0.2) is 24.7 Å². The summed E-state index contributed by atoms with van der Waals surface area (Å²) >= 11 is 0. The van der Waals surface area contributed by atoms with Crippen LogP contribution in [0.5, 0.6) is 0 Å². The van der Waals surface area contributed by atoms with Crippen LogP contribution in [0, 0.1) is 0 Å². The summed E-state index contributed by atoms with van der Waals surface area (Å²) in [4.78, 5) is 11.1. The van der Waals surface area contributed by atoms with Crippen LogP contribution in [-0.2, 0) is 23.1 Å². The highest BCUT2D eigenvalue weighted by atomic mass is 31.2. The Bertz CT molecular complexity index is 351. The lowest BCUT2D eigenvalue weighted by Gasteiger charge is -2.21.